The second kappa shape index (κ2) is 4.53. The van der Waals surface area contributed by atoms with Crippen LogP contribution >= 0.6 is 0 Å². The molecule has 0 saturated heterocycles. The van der Waals surface area contributed by atoms with E-state index in [2.05, 4.69) is 5.10 Å². The van der Waals surface area contributed by atoms with Crippen molar-refractivity contribution in [3.05, 3.63) is 27.0 Å². The lowest BCUT2D eigenvalue weighted by Gasteiger charge is -2.02. The summed E-state index contributed by atoms with van der Waals surface area (Å²) in [5, 5.41) is 11.9. The minimum absolute atomic E-state index is 0.0871. The topological polar surface area (TPSA) is 97.2 Å². The third kappa shape index (κ3) is 2.80. The van der Waals surface area contributed by atoms with Gasteiger partial charge in [0.15, 0.2) is 0 Å². The summed E-state index contributed by atoms with van der Waals surface area (Å²) in [4.78, 5) is 23.5. The molecule has 2 N–H and O–H groups in total. The summed E-state index contributed by atoms with van der Waals surface area (Å²) in [7, 11) is 0. The van der Waals surface area contributed by atoms with Crippen LogP contribution < -0.4 is 11.2 Å². The van der Waals surface area contributed by atoms with Gasteiger partial charge < -0.3 is 9.84 Å². The largest absolute Gasteiger partial charge is 0.394 e. The molecule has 13 heavy (non-hydrogen) atoms. The van der Waals surface area contributed by atoms with E-state index < -0.39 is 11.2 Å². The number of hydrogen-bond donors (Lipinski definition) is 2. The van der Waals surface area contributed by atoms with Gasteiger partial charge in [0.2, 0.25) is 0 Å². The highest BCUT2D eigenvalue weighted by atomic mass is 16.5. The first-order valence-corrected chi connectivity index (χ1v) is 3.59. The van der Waals surface area contributed by atoms with E-state index in [1.807, 2.05) is 4.98 Å². The fraction of sp³-hybridized carbons (Fsp3) is 0.500. The Morgan fingerprint density at radius 3 is 3.00 bits per heavy atom. The van der Waals surface area contributed by atoms with Crippen LogP contribution in [0.4, 0.5) is 0 Å². The standard InChI is InChI=1S/C6H9N3O4/c10-1-2-13-4-9-6(12)8-5(11)3-7-9/h3,10H,1-2,4H2,(H,8,11,12). The predicted molar refractivity (Wildman–Crippen MR) is 42.2 cm³/mol. The maximum atomic E-state index is 10.9. The first-order valence-electron chi connectivity index (χ1n) is 3.59. The fourth-order valence-electron chi connectivity index (χ4n) is 0.684. The molecule has 0 aliphatic heterocycles. The van der Waals surface area contributed by atoms with Crippen molar-refractivity contribution in [3.8, 4) is 0 Å². The molecule has 0 unspecified atom stereocenters. The van der Waals surface area contributed by atoms with E-state index in [0.717, 1.165) is 10.9 Å². The molecule has 0 fully saturated rings. The van der Waals surface area contributed by atoms with Gasteiger partial charge in [0.1, 0.15) is 12.9 Å². The van der Waals surface area contributed by atoms with Crippen LogP contribution in [0.3, 0.4) is 0 Å². The molecule has 0 saturated carbocycles. The van der Waals surface area contributed by atoms with Gasteiger partial charge in [-0.05, 0) is 0 Å². The number of rotatable bonds is 4. The van der Waals surface area contributed by atoms with Crippen molar-refractivity contribution >= 4 is 0 Å². The van der Waals surface area contributed by atoms with Crippen molar-refractivity contribution in [3.63, 3.8) is 0 Å². The maximum absolute atomic E-state index is 10.9. The lowest BCUT2D eigenvalue weighted by molar-refractivity contribution is 0.0383. The zero-order valence-electron chi connectivity index (χ0n) is 6.77. The summed E-state index contributed by atoms with van der Waals surface area (Å²) in [6.07, 6.45) is 0.976. The molecule has 0 radical (unpaired) electrons. The Hall–Kier alpha value is -1.47. The van der Waals surface area contributed by atoms with Crippen molar-refractivity contribution in [1.29, 1.82) is 0 Å². The van der Waals surface area contributed by atoms with Gasteiger partial charge in [0.05, 0.1) is 13.2 Å². The number of H-pyrrole nitrogens is 1. The van der Waals surface area contributed by atoms with E-state index in [4.69, 9.17) is 9.84 Å². The van der Waals surface area contributed by atoms with Gasteiger partial charge in [0, 0.05) is 0 Å². The Kier molecular flexibility index (Phi) is 3.35. The van der Waals surface area contributed by atoms with Crippen LogP contribution in [0.25, 0.3) is 0 Å². The van der Waals surface area contributed by atoms with E-state index >= 15 is 0 Å². The first kappa shape index (κ1) is 9.62. The highest BCUT2D eigenvalue weighted by Gasteiger charge is 1.96. The zero-order chi connectivity index (χ0) is 9.68. The number of aromatic nitrogens is 3. The highest BCUT2D eigenvalue weighted by Crippen LogP contribution is 1.75. The molecule has 1 aromatic heterocycles. The van der Waals surface area contributed by atoms with Crippen LogP contribution in [0.2, 0.25) is 0 Å². The number of ether oxygens (including phenoxy) is 1. The molecule has 1 heterocycles. The molecule has 0 bridgehead atoms. The first-order chi connectivity index (χ1) is 6.24. The molecule has 0 spiro atoms. The van der Waals surface area contributed by atoms with Gasteiger partial charge in [-0.3, -0.25) is 9.78 Å². The average Bonchev–Trinajstić information content (AvgIpc) is 2.09. The van der Waals surface area contributed by atoms with Crippen molar-refractivity contribution in [2.45, 2.75) is 6.73 Å². The van der Waals surface area contributed by atoms with Crippen LogP contribution in [0.5, 0.6) is 0 Å². The van der Waals surface area contributed by atoms with E-state index in [0.29, 0.717) is 0 Å². The van der Waals surface area contributed by atoms with Crippen LogP contribution in [0, 0.1) is 0 Å². The Morgan fingerprint density at radius 2 is 2.38 bits per heavy atom. The number of nitrogens with zero attached hydrogens (tertiary/aromatic N) is 2. The third-order valence-electron chi connectivity index (χ3n) is 1.23. The molecular formula is C6H9N3O4. The lowest BCUT2D eigenvalue weighted by Crippen LogP contribution is -2.32. The van der Waals surface area contributed by atoms with E-state index in [1.165, 1.54) is 0 Å². The summed E-state index contributed by atoms with van der Waals surface area (Å²) < 4.78 is 5.76. The smallest absolute Gasteiger partial charge is 0.346 e. The van der Waals surface area contributed by atoms with Crippen LogP contribution in [-0.4, -0.2) is 33.1 Å². The van der Waals surface area contributed by atoms with Gasteiger partial charge in [-0.15, -0.1) is 0 Å². The summed E-state index contributed by atoms with van der Waals surface area (Å²) >= 11 is 0. The van der Waals surface area contributed by atoms with Crippen molar-refractivity contribution in [1.82, 2.24) is 14.8 Å². The second-order valence-corrected chi connectivity index (χ2v) is 2.20. The lowest BCUT2D eigenvalue weighted by atomic mass is 10.8. The summed E-state index contributed by atoms with van der Waals surface area (Å²) in [6.45, 7) is -0.0957. The number of nitrogens with one attached hydrogen (secondary N) is 1. The number of aromatic amines is 1. The Morgan fingerprint density at radius 1 is 1.62 bits per heavy atom. The molecule has 0 aliphatic carbocycles. The minimum Gasteiger partial charge on any atom is -0.394 e. The van der Waals surface area contributed by atoms with Crippen LogP contribution in [0.1, 0.15) is 0 Å². The van der Waals surface area contributed by atoms with Gasteiger partial charge in [-0.2, -0.15) is 9.78 Å². The molecule has 0 aromatic carbocycles. The molecule has 1 rings (SSSR count). The molecule has 7 heteroatoms. The number of hydrogen-bond acceptors (Lipinski definition) is 5. The Bertz CT molecular complexity index is 369. The molecule has 0 amide bonds. The van der Waals surface area contributed by atoms with Crippen molar-refractivity contribution in [2.75, 3.05) is 13.2 Å². The molecule has 0 aliphatic rings. The molecule has 7 nitrogen and oxygen atoms in total. The Balaban J connectivity index is 2.67. The van der Waals surface area contributed by atoms with Gasteiger partial charge in [-0.1, -0.05) is 0 Å². The minimum atomic E-state index is -0.634. The van der Waals surface area contributed by atoms with E-state index in [9.17, 15) is 9.59 Å². The fourth-order valence-corrected chi connectivity index (χ4v) is 0.684. The molecule has 72 valence electrons. The molecule has 1 aromatic rings. The maximum Gasteiger partial charge on any atom is 0.346 e. The van der Waals surface area contributed by atoms with Gasteiger partial charge in [0.25, 0.3) is 5.56 Å². The predicted octanol–water partition coefficient (Wildman–Crippen LogP) is -2.10. The molecule has 0 atom stereocenters. The normalized spacial score (nSPS) is 10.2. The quantitative estimate of drug-likeness (QED) is 0.526. The van der Waals surface area contributed by atoms with E-state index in [1.54, 1.807) is 0 Å². The summed E-state index contributed by atoms with van der Waals surface area (Å²) in [6, 6.07) is 0. The second-order valence-electron chi connectivity index (χ2n) is 2.20. The number of aliphatic hydroxyl groups excluding tert-OH is 1. The summed E-state index contributed by atoms with van der Waals surface area (Å²) in [5.74, 6) is 0. The third-order valence-corrected chi connectivity index (χ3v) is 1.23. The van der Waals surface area contributed by atoms with Crippen molar-refractivity contribution in [2.24, 2.45) is 0 Å². The zero-order valence-corrected chi connectivity index (χ0v) is 6.77. The highest BCUT2D eigenvalue weighted by molar-refractivity contribution is 4.68. The van der Waals surface area contributed by atoms with Crippen LogP contribution in [-0.2, 0) is 11.5 Å². The summed E-state index contributed by atoms with van der Waals surface area (Å²) in [5.41, 5.74) is -1.19. The number of aliphatic hydroxyl groups is 1. The monoisotopic (exact) mass is 187 g/mol. The van der Waals surface area contributed by atoms with E-state index in [-0.39, 0.29) is 19.9 Å². The molecular weight excluding hydrogens is 178 g/mol. The van der Waals surface area contributed by atoms with Gasteiger partial charge >= 0.3 is 5.69 Å². The Labute approximate surface area is 72.6 Å². The SMILES string of the molecule is O=c1cnn(COCCO)c(=O)[nH]1. The van der Waals surface area contributed by atoms with Crippen molar-refractivity contribution < 1.29 is 9.84 Å². The van der Waals surface area contributed by atoms with Gasteiger partial charge in [-0.25, -0.2) is 4.79 Å². The van der Waals surface area contributed by atoms with Crippen LogP contribution in [0.15, 0.2) is 15.8 Å². The average molecular weight is 187 g/mol.